The molecule has 0 radical (unpaired) electrons. The lowest BCUT2D eigenvalue weighted by Gasteiger charge is -2.17. The molecule has 1 unspecified atom stereocenters. The van der Waals surface area contributed by atoms with Gasteiger partial charge >= 0.3 is 0 Å². The van der Waals surface area contributed by atoms with E-state index in [9.17, 15) is 0 Å². The first-order valence-electron chi connectivity index (χ1n) is 8.28. The molecular weight excluding hydrogens is 346 g/mol. The molecule has 0 aromatic heterocycles. The molecule has 1 aromatic carbocycles. The Labute approximate surface area is 144 Å². The van der Waals surface area contributed by atoms with E-state index < -0.39 is 0 Å². The molecule has 0 aliphatic heterocycles. The van der Waals surface area contributed by atoms with Gasteiger partial charge in [0.2, 0.25) is 0 Å². The molecule has 0 spiro atoms. The largest absolute Gasteiger partial charge is 0.317 e. The molecule has 1 rings (SSSR count). The minimum Gasteiger partial charge on any atom is -0.317 e. The molecule has 0 heterocycles. The molecule has 0 saturated heterocycles. The number of nitrogens with one attached hydrogen (secondary N) is 1. The molecular formula is C18H29BrClN. The predicted octanol–water partition coefficient (Wildman–Crippen LogP) is 6.37. The maximum atomic E-state index is 6.31. The number of benzene rings is 1. The van der Waals surface area contributed by atoms with Gasteiger partial charge in [0.1, 0.15) is 0 Å². The Kier molecular flexibility index (Phi) is 10.4. The fourth-order valence-corrected chi connectivity index (χ4v) is 3.40. The zero-order valence-electron chi connectivity index (χ0n) is 13.4. The minimum absolute atomic E-state index is 0.527. The van der Waals surface area contributed by atoms with Gasteiger partial charge in [0.15, 0.2) is 0 Å². The fraction of sp³-hybridized carbons (Fsp3) is 0.667. The first-order valence-corrected chi connectivity index (χ1v) is 9.45. The molecule has 1 nitrogen and oxygen atoms in total. The van der Waals surface area contributed by atoms with Crippen LogP contribution in [-0.2, 0) is 6.42 Å². The van der Waals surface area contributed by atoms with Crippen molar-refractivity contribution in [3.63, 3.8) is 0 Å². The quantitative estimate of drug-likeness (QED) is 0.443. The van der Waals surface area contributed by atoms with Gasteiger partial charge in [-0.3, -0.25) is 0 Å². The Hall–Kier alpha value is -0.0500. The van der Waals surface area contributed by atoms with Gasteiger partial charge in [-0.15, -0.1) is 0 Å². The highest BCUT2D eigenvalue weighted by Crippen LogP contribution is 2.23. The van der Waals surface area contributed by atoms with E-state index in [0.717, 1.165) is 15.9 Å². The topological polar surface area (TPSA) is 12.0 Å². The van der Waals surface area contributed by atoms with Gasteiger partial charge < -0.3 is 5.32 Å². The van der Waals surface area contributed by atoms with Crippen molar-refractivity contribution >= 4 is 27.5 Å². The van der Waals surface area contributed by atoms with Crippen LogP contribution in [0.5, 0.6) is 0 Å². The minimum atomic E-state index is 0.527. The van der Waals surface area contributed by atoms with Crippen molar-refractivity contribution in [2.45, 2.75) is 70.8 Å². The maximum Gasteiger partial charge on any atom is 0.0449 e. The van der Waals surface area contributed by atoms with Gasteiger partial charge in [0.25, 0.3) is 0 Å². The van der Waals surface area contributed by atoms with Gasteiger partial charge in [-0.25, -0.2) is 0 Å². The SMILES string of the molecule is CCCCCCCCCC(Cc1ccc(Br)cc1Cl)NC. The third kappa shape index (κ3) is 8.23. The summed E-state index contributed by atoms with van der Waals surface area (Å²) in [6, 6.07) is 6.71. The molecule has 1 aromatic rings. The van der Waals surface area contributed by atoms with Crippen LogP contribution in [-0.4, -0.2) is 13.1 Å². The second kappa shape index (κ2) is 11.5. The van der Waals surface area contributed by atoms with Crippen LogP contribution in [0.25, 0.3) is 0 Å². The highest BCUT2D eigenvalue weighted by molar-refractivity contribution is 9.10. The van der Waals surface area contributed by atoms with Gasteiger partial charge in [-0.05, 0) is 37.6 Å². The van der Waals surface area contributed by atoms with Crippen molar-refractivity contribution in [1.29, 1.82) is 0 Å². The molecule has 0 bridgehead atoms. The summed E-state index contributed by atoms with van der Waals surface area (Å²) >= 11 is 9.76. The van der Waals surface area contributed by atoms with E-state index in [1.807, 2.05) is 6.07 Å². The molecule has 3 heteroatoms. The molecule has 0 aliphatic carbocycles. The Balaban J connectivity index is 2.25. The van der Waals surface area contributed by atoms with E-state index in [1.165, 1.54) is 56.9 Å². The molecule has 0 aliphatic rings. The standard InChI is InChI=1S/C18H29BrClN/c1-3-4-5-6-7-8-9-10-17(21-2)13-15-11-12-16(19)14-18(15)20/h11-12,14,17,21H,3-10,13H2,1-2H3. The average molecular weight is 375 g/mol. The van der Waals surface area contributed by atoms with Crippen LogP contribution in [0.2, 0.25) is 5.02 Å². The van der Waals surface area contributed by atoms with Gasteiger partial charge in [0.05, 0.1) is 0 Å². The Bertz CT molecular complexity index is 395. The summed E-state index contributed by atoms with van der Waals surface area (Å²) in [6.45, 7) is 2.27. The number of halogens is 2. The van der Waals surface area contributed by atoms with Crippen molar-refractivity contribution in [3.05, 3.63) is 33.3 Å². The molecule has 1 N–H and O–H groups in total. The van der Waals surface area contributed by atoms with Crippen LogP contribution >= 0.6 is 27.5 Å². The lowest BCUT2D eigenvalue weighted by atomic mass is 9.99. The summed E-state index contributed by atoms with van der Waals surface area (Å²) in [6.07, 6.45) is 11.8. The van der Waals surface area contributed by atoms with Crippen molar-refractivity contribution in [2.24, 2.45) is 0 Å². The summed E-state index contributed by atoms with van der Waals surface area (Å²) in [5, 5.41) is 4.30. The third-order valence-electron chi connectivity index (χ3n) is 4.05. The van der Waals surface area contributed by atoms with Crippen molar-refractivity contribution in [2.75, 3.05) is 7.05 Å². The van der Waals surface area contributed by atoms with Gasteiger partial charge in [-0.2, -0.15) is 0 Å². The lowest BCUT2D eigenvalue weighted by Crippen LogP contribution is -2.27. The summed E-state index contributed by atoms with van der Waals surface area (Å²) in [7, 11) is 2.05. The summed E-state index contributed by atoms with van der Waals surface area (Å²) in [5.41, 5.74) is 1.24. The number of unbranched alkanes of at least 4 members (excludes halogenated alkanes) is 6. The molecule has 120 valence electrons. The lowest BCUT2D eigenvalue weighted by molar-refractivity contribution is 0.478. The van der Waals surface area contributed by atoms with Crippen LogP contribution in [0.1, 0.15) is 63.9 Å². The van der Waals surface area contributed by atoms with E-state index in [2.05, 4.69) is 47.4 Å². The second-order valence-electron chi connectivity index (χ2n) is 5.84. The number of hydrogen-bond acceptors (Lipinski definition) is 1. The van der Waals surface area contributed by atoms with E-state index in [-0.39, 0.29) is 0 Å². The van der Waals surface area contributed by atoms with Crippen molar-refractivity contribution in [3.8, 4) is 0 Å². The van der Waals surface area contributed by atoms with Crippen LogP contribution < -0.4 is 5.32 Å². The van der Waals surface area contributed by atoms with E-state index in [4.69, 9.17) is 11.6 Å². The molecule has 0 saturated carbocycles. The second-order valence-corrected chi connectivity index (χ2v) is 7.16. The summed E-state index contributed by atoms with van der Waals surface area (Å²) in [5.74, 6) is 0. The van der Waals surface area contributed by atoms with Crippen LogP contribution in [0, 0.1) is 0 Å². The highest BCUT2D eigenvalue weighted by atomic mass is 79.9. The van der Waals surface area contributed by atoms with Gasteiger partial charge in [-0.1, -0.05) is 85.5 Å². The van der Waals surface area contributed by atoms with Crippen molar-refractivity contribution < 1.29 is 0 Å². The first kappa shape index (κ1) is 19.0. The van der Waals surface area contributed by atoms with Gasteiger partial charge in [0, 0.05) is 15.5 Å². The smallest absolute Gasteiger partial charge is 0.0449 e. The average Bonchev–Trinajstić information content (AvgIpc) is 2.47. The summed E-state index contributed by atoms with van der Waals surface area (Å²) < 4.78 is 1.05. The van der Waals surface area contributed by atoms with E-state index in [1.54, 1.807) is 0 Å². The normalized spacial score (nSPS) is 12.6. The maximum absolute atomic E-state index is 6.31. The predicted molar refractivity (Wildman–Crippen MR) is 98.3 cm³/mol. The number of rotatable bonds is 11. The Morgan fingerprint density at radius 2 is 1.76 bits per heavy atom. The third-order valence-corrected chi connectivity index (χ3v) is 4.89. The van der Waals surface area contributed by atoms with Crippen LogP contribution in [0.3, 0.4) is 0 Å². The Morgan fingerprint density at radius 3 is 2.38 bits per heavy atom. The molecule has 0 fully saturated rings. The molecule has 0 amide bonds. The fourth-order valence-electron chi connectivity index (χ4n) is 2.65. The molecule has 21 heavy (non-hydrogen) atoms. The van der Waals surface area contributed by atoms with Crippen molar-refractivity contribution in [1.82, 2.24) is 5.32 Å². The van der Waals surface area contributed by atoms with Crippen LogP contribution in [0.15, 0.2) is 22.7 Å². The number of likely N-dealkylation sites (N-methyl/N-ethyl adjacent to an activating group) is 1. The summed E-state index contributed by atoms with van der Waals surface area (Å²) in [4.78, 5) is 0. The first-order chi connectivity index (χ1) is 10.2. The Morgan fingerprint density at radius 1 is 1.10 bits per heavy atom. The van der Waals surface area contributed by atoms with E-state index >= 15 is 0 Å². The zero-order chi connectivity index (χ0) is 15.5. The monoisotopic (exact) mass is 373 g/mol. The number of hydrogen-bond donors (Lipinski definition) is 1. The van der Waals surface area contributed by atoms with E-state index in [0.29, 0.717) is 6.04 Å². The highest BCUT2D eigenvalue weighted by Gasteiger charge is 2.10. The van der Waals surface area contributed by atoms with Crippen LogP contribution in [0.4, 0.5) is 0 Å². The molecule has 1 atom stereocenters. The zero-order valence-corrected chi connectivity index (χ0v) is 15.8.